The molecule has 1 N–H and O–H groups in total. The van der Waals surface area contributed by atoms with Gasteiger partial charge < -0.3 is 0 Å². The average molecular weight is 345 g/mol. The number of nitrogens with one attached hydrogen (secondary N) is 1. The molecule has 2 rings (SSSR count). The Morgan fingerprint density at radius 3 is 2.43 bits per heavy atom. The molecular formula is C17H17BrN2O. The molecule has 108 valence electrons. The van der Waals surface area contributed by atoms with E-state index in [2.05, 4.69) is 26.5 Å². The third-order valence-corrected chi connectivity index (χ3v) is 3.82. The van der Waals surface area contributed by atoms with Gasteiger partial charge in [0.1, 0.15) is 0 Å². The second-order valence-corrected chi connectivity index (χ2v) is 5.55. The van der Waals surface area contributed by atoms with Gasteiger partial charge in [0, 0.05) is 4.47 Å². The van der Waals surface area contributed by atoms with Crippen LogP contribution in [0.1, 0.15) is 34.8 Å². The SMILES string of the molecule is CC/C(=N\NC(=O)c1ccccc1Br)c1ccc(C)cc1. The Labute approximate surface area is 133 Å². The van der Waals surface area contributed by atoms with E-state index in [0.29, 0.717) is 5.56 Å². The fourth-order valence-electron chi connectivity index (χ4n) is 1.92. The molecule has 0 heterocycles. The van der Waals surface area contributed by atoms with E-state index in [-0.39, 0.29) is 5.91 Å². The molecule has 0 atom stereocenters. The molecule has 0 bridgehead atoms. The van der Waals surface area contributed by atoms with Crippen molar-refractivity contribution in [1.82, 2.24) is 5.43 Å². The maximum atomic E-state index is 12.1. The number of rotatable bonds is 4. The second-order valence-electron chi connectivity index (χ2n) is 4.70. The van der Waals surface area contributed by atoms with E-state index < -0.39 is 0 Å². The van der Waals surface area contributed by atoms with Gasteiger partial charge in [-0.2, -0.15) is 5.10 Å². The van der Waals surface area contributed by atoms with Crippen LogP contribution in [0.4, 0.5) is 0 Å². The Hall–Kier alpha value is -1.94. The molecule has 21 heavy (non-hydrogen) atoms. The third kappa shape index (κ3) is 4.02. The minimum absolute atomic E-state index is 0.222. The fourth-order valence-corrected chi connectivity index (χ4v) is 2.38. The minimum Gasteiger partial charge on any atom is -0.267 e. The van der Waals surface area contributed by atoms with Crippen LogP contribution >= 0.6 is 15.9 Å². The van der Waals surface area contributed by atoms with Gasteiger partial charge in [-0.25, -0.2) is 5.43 Å². The van der Waals surface area contributed by atoms with E-state index in [4.69, 9.17) is 0 Å². The Kier molecular flexibility index (Phi) is 5.28. The predicted molar refractivity (Wildman–Crippen MR) is 89.6 cm³/mol. The van der Waals surface area contributed by atoms with Crippen molar-refractivity contribution in [2.24, 2.45) is 5.10 Å². The summed E-state index contributed by atoms with van der Waals surface area (Å²) < 4.78 is 0.756. The standard InChI is InChI=1S/C17H17BrN2O/c1-3-16(13-10-8-12(2)9-11-13)19-20-17(21)14-6-4-5-7-15(14)18/h4-11H,3H2,1-2H3,(H,20,21)/b19-16+. The Balaban J connectivity index is 2.16. The number of aryl methyl sites for hydroxylation is 1. The Morgan fingerprint density at radius 1 is 1.14 bits per heavy atom. The molecule has 0 aliphatic carbocycles. The molecule has 0 radical (unpaired) electrons. The van der Waals surface area contributed by atoms with Gasteiger partial charge in [-0.1, -0.05) is 48.9 Å². The number of benzene rings is 2. The third-order valence-electron chi connectivity index (χ3n) is 3.13. The lowest BCUT2D eigenvalue weighted by Crippen LogP contribution is -2.20. The van der Waals surface area contributed by atoms with E-state index in [1.807, 2.05) is 56.3 Å². The first-order valence-corrected chi connectivity index (χ1v) is 7.59. The van der Waals surface area contributed by atoms with Crippen LogP contribution in [0.3, 0.4) is 0 Å². The molecule has 0 saturated carbocycles. The Bertz CT molecular complexity index is 663. The second kappa shape index (κ2) is 7.18. The summed E-state index contributed by atoms with van der Waals surface area (Å²) in [5.41, 5.74) is 6.27. The molecular weight excluding hydrogens is 328 g/mol. The monoisotopic (exact) mass is 344 g/mol. The summed E-state index contributed by atoms with van der Waals surface area (Å²) >= 11 is 3.36. The quantitative estimate of drug-likeness (QED) is 0.651. The van der Waals surface area contributed by atoms with Crippen molar-refractivity contribution >= 4 is 27.5 Å². The van der Waals surface area contributed by atoms with Gasteiger partial charge in [-0.3, -0.25) is 4.79 Å². The highest BCUT2D eigenvalue weighted by molar-refractivity contribution is 9.10. The summed E-state index contributed by atoms with van der Waals surface area (Å²) in [4.78, 5) is 12.1. The van der Waals surface area contributed by atoms with Crippen LogP contribution in [0.5, 0.6) is 0 Å². The lowest BCUT2D eigenvalue weighted by Gasteiger charge is -2.06. The van der Waals surface area contributed by atoms with Crippen molar-refractivity contribution < 1.29 is 4.79 Å². The molecule has 0 aliphatic rings. The first kappa shape index (κ1) is 15.4. The van der Waals surface area contributed by atoms with Crippen LogP contribution in [0, 0.1) is 6.92 Å². The molecule has 0 aliphatic heterocycles. The maximum absolute atomic E-state index is 12.1. The summed E-state index contributed by atoms with van der Waals surface area (Å²) in [5, 5.41) is 4.26. The van der Waals surface area contributed by atoms with Gasteiger partial charge in [0.05, 0.1) is 11.3 Å². The maximum Gasteiger partial charge on any atom is 0.272 e. The molecule has 2 aromatic carbocycles. The first-order valence-electron chi connectivity index (χ1n) is 6.80. The molecule has 0 unspecified atom stereocenters. The van der Waals surface area contributed by atoms with Crippen molar-refractivity contribution in [2.45, 2.75) is 20.3 Å². The highest BCUT2D eigenvalue weighted by Gasteiger charge is 2.09. The minimum atomic E-state index is -0.222. The van der Waals surface area contributed by atoms with E-state index in [0.717, 1.165) is 22.2 Å². The van der Waals surface area contributed by atoms with Crippen molar-refractivity contribution in [3.8, 4) is 0 Å². The van der Waals surface area contributed by atoms with Gasteiger partial charge in [-0.15, -0.1) is 0 Å². The summed E-state index contributed by atoms with van der Waals surface area (Å²) in [7, 11) is 0. The van der Waals surface area contributed by atoms with Gasteiger partial charge in [0.25, 0.3) is 5.91 Å². The van der Waals surface area contributed by atoms with Gasteiger partial charge >= 0.3 is 0 Å². The number of hydrogen-bond donors (Lipinski definition) is 1. The molecule has 1 amide bonds. The van der Waals surface area contributed by atoms with Gasteiger partial charge in [0.2, 0.25) is 0 Å². The lowest BCUT2D eigenvalue weighted by molar-refractivity contribution is 0.0954. The van der Waals surface area contributed by atoms with Crippen molar-refractivity contribution in [1.29, 1.82) is 0 Å². The lowest BCUT2D eigenvalue weighted by atomic mass is 10.1. The zero-order chi connectivity index (χ0) is 15.2. The normalized spacial score (nSPS) is 11.3. The van der Waals surface area contributed by atoms with Crippen LogP contribution in [0.2, 0.25) is 0 Å². The van der Waals surface area contributed by atoms with Crippen LogP contribution in [0.25, 0.3) is 0 Å². The number of halogens is 1. The fraction of sp³-hybridized carbons (Fsp3) is 0.176. The van der Waals surface area contributed by atoms with E-state index >= 15 is 0 Å². The number of hydrazone groups is 1. The van der Waals surface area contributed by atoms with E-state index in [9.17, 15) is 4.79 Å². The molecule has 0 fully saturated rings. The largest absolute Gasteiger partial charge is 0.272 e. The number of nitrogens with zero attached hydrogens (tertiary/aromatic N) is 1. The molecule has 4 heteroatoms. The average Bonchev–Trinajstić information content (AvgIpc) is 2.49. The summed E-state index contributed by atoms with van der Waals surface area (Å²) in [6.07, 6.45) is 0.749. The van der Waals surface area contributed by atoms with Crippen LogP contribution in [-0.2, 0) is 0 Å². The van der Waals surface area contributed by atoms with Crippen molar-refractivity contribution in [3.63, 3.8) is 0 Å². The topological polar surface area (TPSA) is 41.5 Å². The molecule has 3 nitrogen and oxygen atoms in total. The number of hydrogen-bond acceptors (Lipinski definition) is 2. The van der Waals surface area contributed by atoms with E-state index in [1.165, 1.54) is 5.56 Å². The smallest absolute Gasteiger partial charge is 0.267 e. The first-order chi connectivity index (χ1) is 10.1. The molecule has 0 spiro atoms. The highest BCUT2D eigenvalue weighted by Crippen LogP contribution is 2.15. The predicted octanol–water partition coefficient (Wildman–Crippen LogP) is 4.30. The summed E-state index contributed by atoms with van der Waals surface area (Å²) in [5.74, 6) is -0.222. The van der Waals surface area contributed by atoms with Gasteiger partial charge in [-0.05, 0) is 47.0 Å². The Morgan fingerprint density at radius 2 is 1.81 bits per heavy atom. The summed E-state index contributed by atoms with van der Waals surface area (Å²) in [6, 6.07) is 15.4. The van der Waals surface area contributed by atoms with Crippen molar-refractivity contribution in [3.05, 3.63) is 69.7 Å². The van der Waals surface area contributed by atoms with Crippen LogP contribution < -0.4 is 5.43 Å². The molecule has 2 aromatic rings. The zero-order valence-electron chi connectivity index (χ0n) is 12.1. The molecule has 0 aromatic heterocycles. The van der Waals surface area contributed by atoms with Crippen LogP contribution in [-0.4, -0.2) is 11.6 Å². The molecule has 0 saturated heterocycles. The summed E-state index contributed by atoms with van der Waals surface area (Å²) in [6.45, 7) is 4.06. The highest BCUT2D eigenvalue weighted by atomic mass is 79.9. The van der Waals surface area contributed by atoms with E-state index in [1.54, 1.807) is 6.07 Å². The van der Waals surface area contributed by atoms with Gasteiger partial charge in [0.15, 0.2) is 0 Å². The van der Waals surface area contributed by atoms with Crippen LogP contribution in [0.15, 0.2) is 58.1 Å². The zero-order valence-corrected chi connectivity index (χ0v) is 13.6. The van der Waals surface area contributed by atoms with Crippen molar-refractivity contribution in [2.75, 3.05) is 0 Å². The number of carbonyl (C=O) groups is 1. The number of carbonyl (C=O) groups excluding carboxylic acids is 1. The number of amides is 1.